The Morgan fingerprint density at radius 3 is 2.74 bits per heavy atom. The Balaban J connectivity index is 1.59. The Bertz CT molecular complexity index is 757. The van der Waals surface area contributed by atoms with Crippen LogP contribution in [0.4, 0.5) is 0 Å². The van der Waals surface area contributed by atoms with Gasteiger partial charge in [-0.3, -0.25) is 4.79 Å². The molecule has 5 heteroatoms. The number of nitrogens with zero attached hydrogens (tertiary/aromatic N) is 3. The highest BCUT2D eigenvalue weighted by Gasteiger charge is 2.11. The molecule has 1 amide bonds. The van der Waals surface area contributed by atoms with Crippen molar-refractivity contribution in [3.63, 3.8) is 0 Å². The second-order valence-electron chi connectivity index (χ2n) is 5.51. The minimum atomic E-state index is -0.0544. The molecule has 0 bridgehead atoms. The minimum absolute atomic E-state index is 0.0544. The van der Waals surface area contributed by atoms with Crippen molar-refractivity contribution in [2.75, 3.05) is 6.54 Å². The number of hydrogen-bond donors (Lipinski definition) is 1. The summed E-state index contributed by atoms with van der Waals surface area (Å²) in [6, 6.07) is 11.9. The first-order valence-corrected chi connectivity index (χ1v) is 7.72. The van der Waals surface area contributed by atoms with Crippen LogP contribution in [0.25, 0.3) is 5.69 Å². The number of imidazole rings is 1. The van der Waals surface area contributed by atoms with Crippen molar-refractivity contribution >= 4 is 5.91 Å². The molecule has 3 aromatic rings. The van der Waals surface area contributed by atoms with Gasteiger partial charge in [-0.05, 0) is 37.6 Å². The maximum Gasteiger partial charge on any atom is 0.268 e. The monoisotopic (exact) mass is 308 g/mol. The quantitative estimate of drug-likeness (QED) is 0.712. The predicted octanol–water partition coefficient (Wildman–Crippen LogP) is 2.80. The molecule has 0 atom stereocenters. The van der Waals surface area contributed by atoms with Crippen LogP contribution in [-0.4, -0.2) is 26.6 Å². The van der Waals surface area contributed by atoms with Gasteiger partial charge in [0.25, 0.3) is 5.91 Å². The van der Waals surface area contributed by atoms with Crippen LogP contribution in [0, 0.1) is 6.92 Å². The van der Waals surface area contributed by atoms with E-state index in [-0.39, 0.29) is 5.91 Å². The Hall–Kier alpha value is -2.82. The number of benzene rings is 1. The van der Waals surface area contributed by atoms with E-state index in [2.05, 4.69) is 10.3 Å². The maximum atomic E-state index is 12.4. The van der Waals surface area contributed by atoms with Gasteiger partial charge in [-0.1, -0.05) is 17.7 Å². The van der Waals surface area contributed by atoms with Gasteiger partial charge in [0.15, 0.2) is 0 Å². The van der Waals surface area contributed by atoms with Gasteiger partial charge in [0.05, 0.1) is 6.33 Å². The molecule has 23 heavy (non-hydrogen) atoms. The summed E-state index contributed by atoms with van der Waals surface area (Å²) in [5, 5.41) is 2.98. The first-order chi connectivity index (χ1) is 11.2. The molecule has 0 saturated heterocycles. The number of carbonyl (C=O) groups excluding carboxylic acids is 1. The predicted molar refractivity (Wildman–Crippen MR) is 89.7 cm³/mol. The maximum absolute atomic E-state index is 12.4. The van der Waals surface area contributed by atoms with Crippen LogP contribution in [0.15, 0.2) is 61.3 Å². The first kappa shape index (κ1) is 15.1. The number of hydrogen-bond acceptors (Lipinski definition) is 2. The largest absolute Gasteiger partial charge is 0.351 e. The number of aryl methyl sites for hydroxylation is 2. The van der Waals surface area contributed by atoms with Crippen molar-refractivity contribution in [1.29, 1.82) is 0 Å². The molecule has 0 unspecified atom stereocenters. The van der Waals surface area contributed by atoms with Crippen molar-refractivity contribution in [3.05, 3.63) is 72.6 Å². The summed E-state index contributed by atoms with van der Waals surface area (Å²) in [7, 11) is 0. The number of rotatable bonds is 6. The van der Waals surface area contributed by atoms with E-state index in [9.17, 15) is 4.79 Å². The van der Waals surface area contributed by atoms with Crippen LogP contribution in [0.1, 0.15) is 22.5 Å². The Morgan fingerprint density at radius 1 is 1.17 bits per heavy atom. The number of carbonyl (C=O) groups is 1. The summed E-state index contributed by atoms with van der Waals surface area (Å²) in [5.74, 6) is -0.0544. The molecule has 2 aromatic heterocycles. The van der Waals surface area contributed by atoms with Gasteiger partial charge in [-0.25, -0.2) is 4.98 Å². The molecule has 0 radical (unpaired) electrons. The standard InChI is InChI=1S/C18H20N4O/c1-15-5-7-16(8-6-15)22-12-2-4-17(22)18(23)20-9-3-11-21-13-10-19-14-21/h2,4-8,10,12-14H,3,9,11H2,1H3,(H,20,23). The zero-order valence-electron chi connectivity index (χ0n) is 13.1. The minimum Gasteiger partial charge on any atom is -0.351 e. The highest BCUT2D eigenvalue weighted by Crippen LogP contribution is 2.13. The zero-order chi connectivity index (χ0) is 16.1. The molecule has 0 aliphatic rings. The van der Waals surface area contributed by atoms with Gasteiger partial charge in [-0.15, -0.1) is 0 Å². The van der Waals surface area contributed by atoms with Crippen LogP contribution in [-0.2, 0) is 6.54 Å². The third-order valence-corrected chi connectivity index (χ3v) is 3.73. The lowest BCUT2D eigenvalue weighted by Crippen LogP contribution is -2.27. The summed E-state index contributed by atoms with van der Waals surface area (Å²) in [4.78, 5) is 16.4. The molecule has 0 fully saturated rings. The molecule has 1 aromatic carbocycles. The Morgan fingerprint density at radius 2 is 2.00 bits per heavy atom. The Labute approximate surface area is 135 Å². The van der Waals surface area contributed by atoms with Crippen molar-refractivity contribution in [1.82, 2.24) is 19.4 Å². The normalized spacial score (nSPS) is 10.7. The van der Waals surface area contributed by atoms with Gasteiger partial charge in [0.2, 0.25) is 0 Å². The summed E-state index contributed by atoms with van der Waals surface area (Å²) < 4.78 is 3.91. The first-order valence-electron chi connectivity index (χ1n) is 7.72. The molecular weight excluding hydrogens is 288 g/mol. The molecule has 0 aliphatic heterocycles. The molecule has 0 saturated carbocycles. The fourth-order valence-corrected chi connectivity index (χ4v) is 2.47. The highest BCUT2D eigenvalue weighted by atomic mass is 16.1. The SMILES string of the molecule is Cc1ccc(-n2cccc2C(=O)NCCCn2ccnc2)cc1. The smallest absolute Gasteiger partial charge is 0.268 e. The number of aromatic nitrogens is 3. The van der Waals surface area contributed by atoms with E-state index >= 15 is 0 Å². The van der Waals surface area contributed by atoms with E-state index in [1.165, 1.54) is 5.56 Å². The lowest BCUT2D eigenvalue weighted by Gasteiger charge is -2.10. The third kappa shape index (κ3) is 3.69. The van der Waals surface area contributed by atoms with Crippen LogP contribution >= 0.6 is 0 Å². The van der Waals surface area contributed by atoms with E-state index in [0.717, 1.165) is 18.7 Å². The Kier molecular flexibility index (Phi) is 4.57. The average Bonchev–Trinajstić information content (AvgIpc) is 3.23. The van der Waals surface area contributed by atoms with E-state index in [1.807, 2.05) is 64.8 Å². The molecule has 5 nitrogen and oxygen atoms in total. The van der Waals surface area contributed by atoms with Gasteiger partial charge >= 0.3 is 0 Å². The van der Waals surface area contributed by atoms with E-state index < -0.39 is 0 Å². The summed E-state index contributed by atoms with van der Waals surface area (Å²) in [6.07, 6.45) is 8.24. The topological polar surface area (TPSA) is 51.9 Å². The van der Waals surface area contributed by atoms with Gasteiger partial charge in [0, 0.05) is 37.4 Å². The van der Waals surface area contributed by atoms with E-state index in [1.54, 1.807) is 12.5 Å². The fourth-order valence-electron chi connectivity index (χ4n) is 2.47. The van der Waals surface area contributed by atoms with Crippen LogP contribution < -0.4 is 5.32 Å². The molecule has 118 valence electrons. The summed E-state index contributed by atoms with van der Waals surface area (Å²) >= 11 is 0. The third-order valence-electron chi connectivity index (χ3n) is 3.73. The zero-order valence-corrected chi connectivity index (χ0v) is 13.1. The second-order valence-corrected chi connectivity index (χ2v) is 5.51. The van der Waals surface area contributed by atoms with E-state index in [4.69, 9.17) is 0 Å². The van der Waals surface area contributed by atoms with Crippen molar-refractivity contribution in [3.8, 4) is 5.69 Å². The summed E-state index contributed by atoms with van der Waals surface area (Å²) in [5.41, 5.74) is 2.84. The van der Waals surface area contributed by atoms with Crippen molar-refractivity contribution < 1.29 is 4.79 Å². The van der Waals surface area contributed by atoms with Gasteiger partial charge in [-0.2, -0.15) is 0 Å². The average molecular weight is 308 g/mol. The molecule has 1 N–H and O–H groups in total. The molecule has 0 aliphatic carbocycles. The second kappa shape index (κ2) is 6.96. The molecule has 0 spiro atoms. The number of amides is 1. The highest BCUT2D eigenvalue weighted by molar-refractivity contribution is 5.93. The lowest BCUT2D eigenvalue weighted by molar-refractivity contribution is 0.0946. The molecule has 3 rings (SSSR count). The van der Waals surface area contributed by atoms with Crippen LogP contribution in [0.5, 0.6) is 0 Å². The van der Waals surface area contributed by atoms with E-state index in [0.29, 0.717) is 12.2 Å². The fraction of sp³-hybridized carbons (Fsp3) is 0.222. The lowest BCUT2D eigenvalue weighted by atomic mass is 10.2. The molecule has 2 heterocycles. The van der Waals surface area contributed by atoms with Crippen LogP contribution in [0.3, 0.4) is 0 Å². The number of nitrogens with one attached hydrogen (secondary N) is 1. The summed E-state index contributed by atoms with van der Waals surface area (Å²) in [6.45, 7) is 3.53. The molecular formula is C18H20N4O. The van der Waals surface area contributed by atoms with Gasteiger partial charge in [0.1, 0.15) is 5.69 Å². The van der Waals surface area contributed by atoms with Crippen molar-refractivity contribution in [2.24, 2.45) is 0 Å². The van der Waals surface area contributed by atoms with Crippen molar-refractivity contribution in [2.45, 2.75) is 19.9 Å². The van der Waals surface area contributed by atoms with Gasteiger partial charge < -0.3 is 14.5 Å². The van der Waals surface area contributed by atoms with Crippen LogP contribution in [0.2, 0.25) is 0 Å².